The van der Waals surface area contributed by atoms with Crippen molar-refractivity contribution in [2.45, 2.75) is 17.1 Å². The van der Waals surface area contributed by atoms with Crippen LogP contribution in [0.2, 0.25) is 0 Å². The normalized spacial score (nSPS) is 18.3. The minimum Gasteiger partial charge on any atom is -0.324 e. The highest BCUT2D eigenvalue weighted by atomic mass is 32.2. The SMILES string of the molecule is C[C@H]1Sc2ccc(C(=O)NN3C(=O)c4ccccc4C3=O)cc2NC1=O. The van der Waals surface area contributed by atoms with Gasteiger partial charge in [0.25, 0.3) is 17.7 Å². The van der Waals surface area contributed by atoms with E-state index in [1.54, 1.807) is 31.2 Å². The lowest BCUT2D eigenvalue weighted by Gasteiger charge is -2.22. The van der Waals surface area contributed by atoms with E-state index in [9.17, 15) is 19.2 Å². The number of nitrogens with one attached hydrogen (secondary N) is 2. The van der Waals surface area contributed by atoms with Crippen LogP contribution < -0.4 is 10.7 Å². The molecule has 7 nitrogen and oxygen atoms in total. The van der Waals surface area contributed by atoms with Crippen molar-refractivity contribution in [3.63, 3.8) is 0 Å². The summed E-state index contributed by atoms with van der Waals surface area (Å²) in [6.07, 6.45) is 0. The second-order valence-electron chi connectivity index (χ2n) is 5.89. The second-order valence-corrected chi connectivity index (χ2v) is 7.28. The average Bonchev–Trinajstić information content (AvgIpc) is 2.87. The molecule has 1 atom stereocenters. The maximum atomic E-state index is 12.5. The Morgan fingerprint density at radius 3 is 2.38 bits per heavy atom. The number of hydrogen-bond acceptors (Lipinski definition) is 5. The van der Waals surface area contributed by atoms with E-state index in [4.69, 9.17) is 0 Å². The van der Waals surface area contributed by atoms with Gasteiger partial charge < -0.3 is 5.32 Å². The van der Waals surface area contributed by atoms with Gasteiger partial charge in [0, 0.05) is 10.5 Å². The van der Waals surface area contributed by atoms with Crippen molar-refractivity contribution in [2.24, 2.45) is 0 Å². The number of fused-ring (bicyclic) bond motifs is 2. The van der Waals surface area contributed by atoms with Crippen molar-refractivity contribution in [3.05, 3.63) is 59.2 Å². The molecule has 4 rings (SSSR count). The number of rotatable bonds is 2. The zero-order valence-electron chi connectivity index (χ0n) is 13.6. The van der Waals surface area contributed by atoms with Gasteiger partial charge in [0.15, 0.2) is 0 Å². The first-order valence-electron chi connectivity index (χ1n) is 7.86. The summed E-state index contributed by atoms with van der Waals surface area (Å²) < 4.78 is 0. The highest BCUT2D eigenvalue weighted by Crippen LogP contribution is 2.36. The Morgan fingerprint density at radius 1 is 1.08 bits per heavy atom. The monoisotopic (exact) mass is 367 g/mol. The molecule has 0 saturated heterocycles. The topological polar surface area (TPSA) is 95.6 Å². The molecule has 26 heavy (non-hydrogen) atoms. The summed E-state index contributed by atoms with van der Waals surface area (Å²) in [4.78, 5) is 49.8. The largest absolute Gasteiger partial charge is 0.324 e. The molecule has 0 unspecified atom stereocenters. The highest BCUT2D eigenvalue weighted by Gasteiger charge is 2.36. The summed E-state index contributed by atoms with van der Waals surface area (Å²) in [7, 11) is 0. The van der Waals surface area contributed by atoms with Crippen molar-refractivity contribution in [2.75, 3.05) is 5.32 Å². The first kappa shape index (κ1) is 16.3. The Hall–Kier alpha value is -3.13. The highest BCUT2D eigenvalue weighted by molar-refractivity contribution is 8.00. The summed E-state index contributed by atoms with van der Waals surface area (Å²) in [5, 5.41) is 3.25. The number of carbonyl (C=O) groups is 4. The van der Waals surface area contributed by atoms with E-state index in [1.165, 1.54) is 30.0 Å². The molecule has 8 heteroatoms. The van der Waals surface area contributed by atoms with E-state index < -0.39 is 17.7 Å². The average molecular weight is 367 g/mol. The maximum absolute atomic E-state index is 12.5. The van der Waals surface area contributed by atoms with Gasteiger partial charge in [-0.2, -0.15) is 5.01 Å². The zero-order valence-corrected chi connectivity index (χ0v) is 14.4. The van der Waals surface area contributed by atoms with Crippen LogP contribution >= 0.6 is 11.8 Å². The number of anilines is 1. The van der Waals surface area contributed by atoms with Gasteiger partial charge >= 0.3 is 0 Å². The van der Waals surface area contributed by atoms with E-state index in [2.05, 4.69) is 10.7 Å². The molecule has 0 fully saturated rings. The molecule has 0 aromatic heterocycles. The third-order valence-electron chi connectivity index (χ3n) is 4.18. The van der Waals surface area contributed by atoms with Crippen LogP contribution in [0.1, 0.15) is 38.0 Å². The van der Waals surface area contributed by atoms with Gasteiger partial charge in [0.2, 0.25) is 5.91 Å². The number of nitrogens with zero attached hydrogens (tertiary/aromatic N) is 1. The summed E-state index contributed by atoms with van der Waals surface area (Å²) in [5.74, 6) is -1.90. The lowest BCUT2D eigenvalue weighted by molar-refractivity contribution is -0.115. The van der Waals surface area contributed by atoms with E-state index >= 15 is 0 Å². The predicted molar refractivity (Wildman–Crippen MR) is 94.8 cm³/mol. The van der Waals surface area contributed by atoms with E-state index in [0.29, 0.717) is 10.7 Å². The molecular weight excluding hydrogens is 354 g/mol. The molecule has 0 radical (unpaired) electrons. The molecule has 130 valence electrons. The molecule has 2 aliphatic rings. The fourth-order valence-corrected chi connectivity index (χ4v) is 3.74. The smallest absolute Gasteiger partial charge is 0.280 e. The Balaban J connectivity index is 1.57. The molecule has 2 aromatic carbocycles. The first-order valence-corrected chi connectivity index (χ1v) is 8.74. The van der Waals surface area contributed by atoms with Crippen LogP contribution in [-0.4, -0.2) is 33.9 Å². The number of amides is 4. The summed E-state index contributed by atoms with van der Waals surface area (Å²) in [6, 6.07) is 11.2. The van der Waals surface area contributed by atoms with Crippen LogP contribution in [0, 0.1) is 0 Å². The molecule has 2 aromatic rings. The quantitative estimate of drug-likeness (QED) is 0.792. The van der Waals surface area contributed by atoms with Crippen LogP contribution in [0.3, 0.4) is 0 Å². The van der Waals surface area contributed by atoms with Crippen molar-refractivity contribution in [1.82, 2.24) is 10.4 Å². The van der Waals surface area contributed by atoms with Crippen molar-refractivity contribution < 1.29 is 19.2 Å². The maximum Gasteiger partial charge on any atom is 0.280 e. The van der Waals surface area contributed by atoms with E-state index in [1.807, 2.05) is 0 Å². The third-order valence-corrected chi connectivity index (χ3v) is 5.36. The molecule has 2 heterocycles. The van der Waals surface area contributed by atoms with Gasteiger partial charge in [-0.25, -0.2) is 0 Å². The Kier molecular flexibility index (Phi) is 3.77. The molecule has 2 N–H and O–H groups in total. The third kappa shape index (κ3) is 2.55. The van der Waals surface area contributed by atoms with Gasteiger partial charge in [0.1, 0.15) is 0 Å². The lowest BCUT2D eigenvalue weighted by Crippen LogP contribution is -2.45. The van der Waals surface area contributed by atoms with Crippen LogP contribution in [0.5, 0.6) is 0 Å². The molecule has 0 bridgehead atoms. The van der Waals surface area contributed by atoms with Gasteiger partial charge in [0.05, 0.1) is 22.1 Å². The molecule has 4 amide bonds. The number of thioether (sulfide) groups is 1. The van der Waals surface area contributed by atoms with Gasteiger partial charge in [-0.3, -0.25) is 24.6 Å². The number of hydrogen-bond donors (Lipinski definition) is 2. The fourth-order valence-electron chi connectivity index (χ4n) is 2.81. The summed E-state index contributed by atoms with van der Waals surface area (Å²) >= 11 is 1.40. The Bertz CT molecular complexity index is 953. The number of imide groups is 1. The van der Waals surface area contributed by atoms with Crippen molar-refractivity contribution in [3.8, 4) is 0 Å². The summed E-state index contributed by atoms with van der Waals surface area (Å²) in [6.45, 7) is 1.80. The Morgan fingerprint density at radius 2 is 1.73 bits per heavy atom. The second kappa shape index (κ2) is 5.99. The fraction of sp³-hybridized carbons (Fsp3) is 0.111. The number of benzene rings is 2. The molecule has 0 aliphatic carbocycles. The minimum atomic E-state index is -0.611. The summed E-state index contributed by atoms with van der Waals surface area (Å²) in [5.41, 5.74) is 3.61. The van der Waals surface area contributed by atoms with E-state index in [0.717, 1.165) is 4.90 Å². The number of carbonyl (C=O) groups excluding carboxylic acids is 4. The van der Waals surface area contributed by atoms with Crippen LogP contribution in [0.25, 0.3) is 0 Å². The molecule has 0 spiro atoms. The van der Waals surface area contributed by atoms with Gasteiger partial charge in [-0.05, 0) is 37.3 Å². The van der Waals surface area contributed by atoms with Crippen LogP contribution in [0.15, 0.2) is 47.4 Å². The van der Waals surface area contributed by atoms with Crippen molar-refractivity contribution >= 4 is 41.1 Å². The predicted octanol–water partition coefficient (Wildman–Crippen LogP) is 2.06. The number of hydrazine groups is 1. The first-order chi connectivity index (χ1) is 12.5. The molecular formula is C18H13N3O4S. The van der Waals surface area contributed by atoms with Gasteiger partial charge in [-0.15, -0.1) is 11.8 Å². The molecule has 0 saturated carbocycles. The van der Waals surface area contributed by atoms with E-state index in [-0.39, 0.29) is 27.8 Å². The molecule has 2 aliphatic heterocycles. The lowest BCUT2D eigenvalue weighted by atomic mass is 10.1. The van der Waals surface area contributed by atoms with Crippen molar-refractivity contribution in [1.29, 1.82) is 0 Å². The standard InChI is InChI=1S/C18H13N3O4S/c1-9-15(22)19-13-8-10(6-7-14(13)26-9)16(23)20-21-17(24)11-4-2-3-5-12(11)18(21)25/h2-9H,1H3,(H,19,22)(H,20,23)/t9-/m1/s1. The Labute approximate surface area is 152 Å². The van der Waals surface area contributed by atoms with Gasteiger partial charge in [-0.1, -0.05) is 12.1 Å². The zero-order chi connectivity index (χ0) is 18.4. The minimum absolute atomic E-state index is 0.139. The van der Waals surface area contributed by atoms with Crippen LogP contribution in [-0.2, 0) is 4.79 Å². The van der Waals surface area contributed by atoms with Crippen LogP contribution in [0.4, 0.5) is 5.69 Å².